The quantitative estimate of drug-likeness (QED) is 0.463. The van der Waals surface area contributed by atoms with Crippen molar-refractivity contribution >= 4 is 11.6 Å². The highest BCUT2D eigenvalue weighted by Crippen LogP contribution is 2.33. The molecule has 0 fully saturated rings. The monoisotopic (exact) mass is 446 g/mol. The van der Waals surface area contributed by atoms with Crippen LogP contribution < -0.4 is 5.76 Å². The lowest BCUT2D eigenvalue weighted by Gasteiger charge is -2.19. The summed E-state index contributed by atoms with van der Waals surface area (Å²) in [6.45, 7) is 1.63. The fourth-order valence-electron chi connectivity index (χ4n) is 3.68. The number of aryl methyl sites for hydroxylation is 1. The molecule has 1 atom stereocenters. The van der Waals surface area contributed by atoms with E-state index in [1.54, 1.807) is 18.4 Å². The predicted molar refractivity (Wildman–Crippen MR) is 117 cm³/mol. The van der Waals surface area contributed by atoms with Crippen molar-refractivity contribution in [2.45, 2.75) is 25.9 Å². The maximum atomic E-state index is 13.2. The van der Waals surface area contributed by atoms with E-state index >= 15 is 0 Å². The van der Waals surface area contributed by atoms with Crippen LogP contribution in [0.1, 0.15) is 29.3 Å². The van der Waals surface area contributed by atoms with E-state index in [4.69, 9.17) is 8.83 Å². The number of carbonyl (C=O) groups is 1. The Morgan fingerprint density at radius 2 is 1.82 bits per heavy atom. The van der Waals surface area contributed by atoms with E-state index in [2.05, 4.69) is 10.2 Å². The first kappa shape index (κ1) is 20.6. The molecule has 3 heterocycles. The van der Waals surface area contributed by atoms with Crippen molar-refractivity contribution in [3.63, 3.8) is 0 Å². The lowest BCUT2D eigenvalue weighted by molar-refractivity contribution is -0.134. The van der Waals surface area contributed by atoms with Crippen molar-refractivity contribution in [1.29, 1.82) is 0 Å². The van der Waals surface area contributed by atoms with E-state index in [0.29, 0.717) is 17.7 Å². The topological polar surface area (TPSA) is 93.8 Å². The van der Waals surface area contributed by atoms with E-state index in [1.807, 2.05) is 31.2 Å². The number of amides is 1. The third kappa shape index (κ3) is 4.12. The van der Waals surface area contributed by atoms with Gasteiger partial charge in [0.2, 0.25) is 5.89 Å². The van der Waals surface area contributed by atoms with Crippen LogP contribution in [-0.4, -0.2) is 26.4 Å². The number of aromatic nitrogens is 2. The Labute approximate surface area is 187 Å². The number of furan rings is 1. The van der Waals surface area contributed by atoms with Crippen LogP contribution in [0.3, 0.4) is 0 Å². The summed E-state index contributed by atoms with van der Waals surface area (Å²) in [6.07, 6.45) is 2.01. The molecule has 4 aromatic rings. The first-order chi connectivity index (χ1) is 16.0. The van der Waals surface area contributed by atoms with Crippen molar-refractivity contribution in [2.24, 2.45) is 5.10 Å². The number of hydrogen-bond acceptors (Lipinski definition) is 6. The molecule has 0 saturated heterocycles. The summed E-state index contributed by atoms with van der Waals surface area (Å²) < 4.78 is 24.8. The third-order valence-corrected chi connectivity index (χ3v) is 5.40. The number of benzene rings is 2. The summed E-state index contributed by atoms with van der Waals surface area (Å²) in [5, 5.41) is 9.97. The number of carbonyl (C=O) groups excluding carboxylic acids is 1. The average molecular weight is 446 g/mol. The van der Waals surface area contributed by atoms with Gasteiger partial charge in [0.15, 0.2) is 0 Å². The lowest BCUT2D eigenvalue weighted by Crippen LogP contribution is -2.33. The molecule has 1 aliphatic heterocycles. The minimum atomic E-state index is -0.792. The molecule has 0 saturated carbocycles. The van der Waals surface area contributed by atoms with Crippen LogP contribution in [0.5, 0.6) is 0 Å². The molecule has 2 aromatic heterocycles. The summed E-state index contributed by atoms with van der Waals surface area (Å²) in [6, 6.07) is 16.3. The van der Waals surface area contributed by atoms with Crippen LogP contribution in [0, 0.1) is 12.7 Å². The van der Waals surface area contributed by atoms with Crippen LogP contribution in [0.4, 0.5) is 4.39 Å². The Hall–Kier alpha value is -4.27. The van der Waals surface area contributed by atoms with Gasteiger partial charge in [-0.25, -0.2) is 14.2 Å². The molecule has 8 nitrogen and oxygen atoms in total. The standard InChI is InChI=1S/C24H19FN4O4/c1-15-4-6-16(7-5-15)19-13-20(21-3-2-12-32-21)29(26-19)22(30)14-28-24(31)33-23(27-28)17-8-10-18(25)11-9-17/h2-12,20H,13-14H2,1H3. The van der Waals surface area contributed by atoms with E-state index in [0.717, 1.165) is 21.5 Å². The zero-order valence-corrected chi connectivity index (χ0v) is 17.6. The molecule has 2 aromatic carbocycles. The zero-order chi connectivity index (χ0) is 22.9. The fourth-order valence-corrected chi connectivity index (χ4v) is 3.68. The maximum absolute atomic E-state index is 13.2. The van der Waals surface area contributed by atoms with Gasteiger partial charge >= 0.3 is 5.76 Å². The Morgan fingerprint density at radius 3 is 2.52 bits per heavy atom. The Kier molecular flexibility index (Phi) is 5.21. The highest BCUT2D eigenvalue weighted by molar-refractivity contribution is 6.03. The van der Waals surface area contributed by atoms with Crippen molar-refractivity contribution in [3.05, 3.63) is 100 Å². The van der Waals surface area contributed by atoms with Gasteiger partial charge in [-0.1, -0.05) is 29.8 Å². The molecule has 166 valence electrons. The molecule has 33 heavy (non-hydrogen) atoms. The third-order valence-electron chi connectivity index (χ3n) is 5.40. The second kappa shape index (κ2) is 8.34. The van der Waals surface area contributed by atoms with Crippen LogP contribution in [0.15, 0.2) is 85.7 Å². The molecular weight excluding hydrogens is 427 g/mol. The second-order valence-corrected chi connectivity index (χ2v) is 7.72. The van der Waals surface area contributed by atoms with Crippen LogP contribution in [-0.2, 0) is 11.3 Å². The molecule has 9 heteroatoms. The molecule has 1 amide bonds. The number of hydrazone groups is 1. The van der Waals surface area contributed by atoms with Gasteiger partial charge in [0.25, 0.3) is 5.91 Å². The zero-order valence-electron chi connectivity index (χ0n) is 17.6. The largest absolute Gasteiger partial charge is 0.467 e. The maximum Gasteiger partial charge on any atom is 0.437 e. The molecule has 0 radical (unpaired) electrons. The van der Waals surface area contributed by atoms with E-state index in [9.17, 15) is 14.0 Å². The predicted octanol–water partition coefficient (Wildman–Crippen LogP) is 3.92. The molecule has 0 N–H and O–H groups in total. The Balaban J connectivity index is 1.42. The second-order valence-electron chi connectivity index (χ2n) is 7.72. The summed E-state index contributed by atoms with van der Waals surface area (Å²) in [4.78, 5) is 25.5. The van der Waals surface area contributed by atoms with Crippen LogP contribution in [0.2, 0.25) is 0 Å². The molecule has 5 rings (SSSR count). The molecule has 0 aliphatic carbocycles. The Morgan fingerprint density at radius 1 is 1.09 bits per heavy atom. The first-order valence-electron chi connectivity index (χ1n) is 10.3. The van der Waals surface area contributed by atoms with Gasteiger partial charge in [0.1, 0.15) is 24.2 Å². The van der Waals surface area contributed by atoms with Gasteiger partial charge in [-0.2, -0.15) is 9.78 Å². The smallest absolute Gasteiger partial charge is 0.437 e. The van der Waals surface area contributed by atoms with Crippen molar-refractivity contribution in [2.75, 3.05) is 0 Å². The number of hydrogen-bond donors (Lipinski definition) is 0. The minimum absolute atomic E-state index is 0.000604. The average Bonchev–Trinajstić information content (AvgIpc) is 3.55. The summed E-state index contributed by atoms with van der Waals surface area (Å²) in [7, 11) is 0. The molecule has 0 spiro atoms. The lowest BCUT2D eigenvalue weighted by atomic mass is 10.0. The summed E-state index contributed by atoms with van der Waals surface area (Å²) >= 11 is 0. The van der Waals surface area contributed by atoms with Gasteiger partial charge in [-0.15, -0.1) is 5.10 Å². The molecule has 1 unspecified atom stereocenters. The highest BCUT2D eigenvalue weighted by Gasteiger charge is 2.35. The normalized spacial score (nSPS) is 15.6. The van der Waals surface area contributed by atoms with Crippen molar-refractivity contribution < 1.29 is 18.0 Å². The minimum Gasteiger partial charge on any atom is -0.467 e. The first-order valence-corrected chi connectivity index (χ1v) is 10.3. The van der Waals surface area contributed by atoms with E-state index in [1.165, 1.54) is 29.3 Å². The number of halogens is 1. The van der Waals surface area contributed by atoms with Crippen molar-refractivity contribution in [3.8, 4) is 11.5 Å². The van der Waals surface area contributed by atoms with Crippen LogP contribution in [0.25, 0.3) is 11.5 Å². The number of rotatable bonds is 5. The molecule has 0 bridgehead atoms. The van der Waals surface area contributed by atoms with E-state index < -0.39 is 23.5 Å². The SMILES string of the molecule is Cc1ccc(C2=NN(C(=O)Cn3nc(-c4ccc(F)cc4)oc3=O)C(c3ccco3)C2)cc1. The molecule has 1 aliphatic rings. The van der Waals surface area contributed by atoms with Gasteiger partial charge in [-0.3, -0.25) is 4.79 Å². The fraction of sp³-hybridized carbons (Fsp3) is 0.167. The van der Waals surface area contributed by atoms with Crippen molar-refractivity contribution in [1.82, 2.24) is 14.8 Å². The highest BCUT2D eigenvalue weighted by atomic mass is 19.1. The van der Waals surface area contributed by atoms with Gasteiger partial charge in [0, 0.05) is 12.0 Å². The summed E-state index contributed by atoms with van der Waals surface area (Å²) in [5.41, 5.74) is 3.19. The van der Waals surface area contributed by atoms with E-state index in [-0.39, 0.29) is 12.4 Å². The van der Waals surface area contributed by atoms with Gasteiger partial charge in [-0.05, 0) is 48.9 Å². The number of nitrogens with zero attached hydrogens (tertiary/aromatic N) is 4. The van der Waals surface area contributed by atoms with Gasteiger partial charge < -0.3 is 8.83 Å². The van der Waals surface area contributed by atoms with Crippen LogP contribution >= 0.6 is 0 Å². The van der Waals surface area contributed by atoms with Gasteiger partial charge in [0.05, 0.1) is 12.0 Å². The Bertz CT molecular complexity index is 1370. The summed E-state index contributed by atoms with van der Waals surface area (Å²) in [5.74, 6) is -1.07. The molecular formula is C24H19FN4O4.